The lowest BCUT2D eigenvalue weighted by molar-refractivity contribution is -0.116. The average Bonchev–Trinajstić information content (AvgIpc) is 2.96. The number of rotatable bonds is 1. The van der Waals surface area contributed by atoms with Crippen molar-refractivity contribution in [3.8, 4) is 0 Å². The van der Waals surface area contributed by atoms with Crippen LogP contribution in [-0.4, -0.2) is 22.5 Å². The highest BCUT2D eigenvalue weighted by molar-refractivity contribution is 8.01. The highest BCUT2D eigenvalue weighted by Gasteiger charge is 2.42. The molecule has 1 aliphatic carbocycles. The summed E-state index contributed by atoms with van der Waals surface area (Å²) in [5.74, 6) is 1.42. The van der Waals surface area contributed by atoms with Crippen molar-refractivity contribution in [1.29, 1.82) is 0 Å². The summed E-state index contributed by atoms with van der Waals surface area (Å²) < 4.78 is 0. The summed E-state index contributed by atoms with van der Waals surface area (Å²) in [5, 5.41) is 1.38. The minimum atomic E-state index is 0.0811. The fraction of sp³-hybridized carbons (Fsp3) is 0.412. The van der Waals surface area contributed by atoms with Gasteiger partial charge >= 0.3 is 0 Å². The molecule has 114 valence electrons. The molecule has 1 fully saturated rings. The van der Waals surface area contributed by atoms with Crippen molar-refractivity contribution in [2.45, 2.75) is 36.9 Å². The number of Topliss-reactive ketones (excluding diaryl/α,β-unsaturated/α-hetero) is 1. The van der Waals surface area contributed by atoms with E-state index in [0.29, 0.717) is 16.5 Å². The zero-order valence-corrected chi connectivity index (χ0v) is 14.3. The van der Waals surface area contributed by atoms with Gasteiger partial charge in [0.05, 0.1) is 15.3 Å². The average molecular weight is 352 g/mol. The van der Waals surface area contributed by atoms with E-state index in [1.165, 1.54) is 5.71 Å². The molecule has 0 saturated carbocycles. The van der Waals surface area contributed by atoms with Crippen LogP contribution in [-0.2, 0) is 4.79 Å². The predicted octanol–water partition coefficient (Wildman–Crippen LogP) is 5.04. The Balaban J connectivity index is 1.87. The number of allylic oxidation sites excluding steroid dienone is 2. The minimum Gasteiger partial charge on any atom is -0.294 e. The molecule has 5 heteroatoms. The molecule has 0 spiro atoms. The molecule has 2 aliphatic heterocycles. The maximum absolute atomic E-state index is 12.6. The SMILES string of the molecule is O=C1CCCC2=C1[C@H](c1ccc(Cl)c(Cl)c1)C1SCCC1=N2. The number of ketones is 1. The zero-order chi connectivity index (χ0) is 15.3. The van der Waals surface area contributed by atoms with Crippen LogP contribution in [0.25, 0.3) is 0 Å². The molecule has 0 amide bonds. The van der Waals surface area contributed by atoms with E-state index in [0.717, 1.165) is 41.8 Å². The van der Waals surface area contributed by atoms with Crippen molar-refractivity contribution in [2.24, 2.45) is 4.99 Å². The molecule has 0 bridgehead atoms. The number of hydrogen-bond acceptors (Lipinski definition) is 3. The summed E-state index contributed by atoms with van der Waals surface area (Å²) in [6.45, 7) is 0. The van der Waals surface area contributed by atoms with E-state index in [1.54, 1.807) is 0 Å². The normalized spacial score (nSPS) is 27.5. The smallest absolute Gasteiger partial charge is 0.161 e. The van der Waals surface area contributed by atoms with Gasteiger partial charge in [-0.1, -0.05) is 29.3 Å². The highest BCUT2D eigenvalue weighted by atomic mass is 35.5. The number of thioether (sulfide) groups is 1. The Hall–Kier alpha value is -0.770. The van der Waals surface area contributed by atoms with Gasteiger partial charge in [0.15, 0.2) is 5.78 Å². The number of halogens is 2. The third-order valence-corrected chi connectivity index (χ3v) is 6.69. The number of fused-ring (bicyclic) bond motifs is 1. The maximum atomic E-state index is 12.6. The molecule has 4 rings (SSSR count). The third kappa shape index (κ3) is 2.34. The largest absolute Gasteiger partial charge is 0.294 e. The number of aliphatic imine (C=N–C) groups is 1. The first-order valence-electron chi connectivity index (χ1n) is 7.55. The van der Waals surface area contributed by atoms with Crippen LogP contribution in [0, 0.1) is 0 Å². The van der Waals surface area contributed by atoms with Crippen LogP contribution in [0.15, 0.2) is 34.5 Å². The first kappa shape index (κ1) is 14.8. The Labute approximate surface area is 144 Å². The summed E-state index contributed by atoms with van der Waals surface area (Å²) in [7, 11) is 0. The number of hydrogen-bond donors (Lipinski definition) is 0. The first-order valence-corrected chi connectivity index (χ1v) is 9.36. The Morgan fingerprint density at radius 1 is 1.14 bits per heavy atom. The predicted molar refractivity (Wildman–Crippen MR) is 93.4 cm³/mol. The van der Waals surface area contributed by atoms with Crippen LogP contribution in [0.2, 0.25) is 10.0 Å². The lowest BCUT2D eigenvalue weighted by Crippen LogP contribution is -2.32. The van der Waals surface area contributed by atoms with Gasteiger partial charge in [-0.2, -0.15) is 11.8 Å². The van der Waals surface area contributed by atoms with Gasteiger partial charge in [0.1, 0.15) is 0 Å². The second kappa shape index (κ2) is 5.70. The summed E-state index contributed by atoms with van der Waals surface area (Å²) >= 11 is 14.2. The van der Waals surface area contributed by atoms with Crippen LogP contribution >= 0.6 is 35.0 Å². The Bertz CT molecular complexity index is 725. The van der Waals surface area contributed by atoms with E-state index >= 15 is 0 Å². The van der Waals surface area contributed by atoms with E-state index < -0.39 is 0 Å². The van der Waals surface area contributed by atoms with Crippen LogP contribution in [0.1, 0.15) is 37.2 Å². The van der Waals surface area contributed by atoms with Crippen molar-refractivity contribution in [2.75, 3.05) is 5.75 Å². The van der Waals surface area contributed by atoms with Gasteiger partial charge in [-0.15, -0.1) is 0 Å². The molecular formula is C17H15Cl2NOS. The van der Waals surface area contributed by atoms with Gasteiger partial charge in [-0.3, -0.25) is 9.79 Å². The second-order valence-electron chi connectivity index (χ2n) is 5.93. The highest BCUT2D eigenvalue weighted by Crippen LogP contribution is 2.48. The van der Waals surface area contributed by atoms with Crippen LogP contribution in [0.4, 0.5) is 0 Å². The molecular weight excluding hydrogens is 337 g/mol. The number of carbonyl (C=O) groups is 1. The van der Waals surface area contributed by atoms with Crippen molar-refractivity contribution in [1.82, 2.24) is 0 Å². The lowest BCUT2D eigenvalue weighted by atomic mass is 9.77. The van der Waals surface area contributed by atoms with Gasteiger partial charge in [0.2, 0.25) is 0 Å². The molecule has 1 saturated heterocycles. The molecule has 2 atom stereocenters. The molecule has 2 nitrogen and oxygen atoms in total. The van der Waals surface area contributed by atoms with Crippen LogP contribution in [0.5, 0.6) is 0 Å². The van der Waals surface area contributed by atoms with Crippen LogP contribution in [0.3, 0.4) is 0 Å². The summed E-state index contributed by atoms with van der Waals surface area (Å²) in [6.07, 6.45) is 3.50. The van der Waals surface area contributed by atoms with E-state index in [1.807, 2.05) is 30.0 Å². The Morgan fingerprint density at radius 3 is 2.82 bits per heavy atom. The fourth-order valence-electron chi connectivity index (χ4n) is 3.62. The van der Waals surface area contributed by atoms with Crippen molar-refractivity contribution >= 4 is 46.5 Å². The second-order valence-corrected chi connectivity index (χ2v) is 8.00. The maximum Gasteiger partial charge on any atom is 0.161 e. The zero-order valence-electron chi connectivity index (χ0n) is 11.9. The number of nitrogens with zero attached hydrogens (tertiary/aromatic N) is 1. The van der Waals surface area contributed by atoms with Crippen molar-refractivity contribution in [3.05, 3.63) is 45.1 Å². The van der Waals surface area contributed by atoms with E-state index in [4.69, 9.17) is 28.2 Å². The standard InChI is InChI=1S/C17H15Cl2NOS/c18-10-5-4-9(8-11(10)19)15-16-12(2-1-3-14(16)21)20-13-6-7-22-17(13)15/h4-5,8,15,17H,1-3,6-7H2/t15-,17?/m0/s1. The molecule has 2 heterocycles. The molecule has 0 aromatic heterocycles. The number of carbonyl (C=O) groups excluding carboxylic acids is 1. The molecule has 22 heavy (non-hydrogen) atoms. The molecule has 1 aromatic carbocycles. The summed E-state index contributed by atoms with van der Waals surface area (Å²) in [5.41, 5.74) is 4.27. The van der Waals surface area contributed by atoms with Gasteiger partial charge in [0.25, 0.3) is 0 Å². The monoisotopic (exact) mass is 351 g/mol. The number of benzene rings is 1. The molecule has 0 radical (unpaired) electrons. The van der Waals surface area contributed by atoms with Gasteiger partial charge in [-0.05, 0) is 42.7 Å². The first-order chi connectivity index (χ1) is 10.6. The van der Waals surface area contributed by atoms with Crippen molar-refractivity contribution < 1.29 is 4.79 Å². The molecule has 1 unspecified atom stereocenters. The molecule has 0 N–H and O–H groups in total. The Kier molecular flexibility index (Phi) is 3.83. The minimum absolute atomic E-state index is 0.0811. The quantitative estimate of drug-likeness (QED) is 0.708. The summed E-state index contributed by atoms with van der Waals surface area (Å²) in [6, 6.07) is 5.76. The van der Waals surface area contributed by atoms with E-state index in [-0.39, 0.29) is 17.0 Å². The van der Waals surface area contributed by atoms with E-state index in [9.17, 15) is 4.79 Å². The molecule has 1 aromatic rings. The lowest BCUT2D eigenvalue weighted by Gasteiger charge is -2.33. The Morgan fingerprint density at radius 2 is 2.00 bits per heavy atom. The van der Waals surface area contributed by atoms with Gasteiger partial charge in [-0.25, -0.2) is 0 Å². The van der Waals surface area contributed by atoms with Gasteiger partial charge in [0, 0.05) is 29.3 Å². The third-order valence-electron chi connectivity index (χ3n) is 4.61. The van der Waals surface area contributed by atoms with Crippen molar-refractivity contribution in [3.63, 3.8) is 0 Å². The summed E-state index contributed by atoms with van der Waals surface area (Å²) in [4.78, 5) is 17.4. The van der Waals surface area contributed by atoms with Gasteiger partial charge < -0.3 is 0 Å². The fourth-order valence-corrected chi connectivity index (χ4v) is 5.36. The van der Waals surface area contributed by atoms with E-state index in [2.05, 4.69) is 0 Å². The topological polar surface area (TPSA) is 29.4 Å². The molecule has 3 aliphatic rings. The van der Waals surface area contributed by atoms with Crippen LogP contribution < -0.4 is 0 Å².